The summed E-state index contributed by atoms with van der Waals surface area (Å²) in [5, 5.41) is 5.38. The van der Waals surface area contributed by atoms with E-state index in [0.29, 0.717) is 23.4 Å². The zero-order chi connectivity index (χ0) is 19.7. The fraction of sp³-hybridized carbons (Fsp3) is 0.136. The molecular formula is C22H18BrN3O2. The van der Waals surface area contributed by atoms with Gasteiger partial charge in [-0.05, 0) is 30.7 Å². The highest BCUT2D eigenvalue weighted by Gasteiger charge is 2.20. The number of carbonyl (C=O) groups is 1. The van der Waals surface area contributed by atoms with Gasteiger partial charge in [0.25, 0.3) is 0 Å². The molecule has 0 amide bonds. The average molecular weight is 436 g/mol. The van der Waals surface area contributed by atoms with E-state index in [1.807, 2.05) is 66.2 Å². The number of hydrogen-bond donors (Lipinski definition) is 0. The SMILES string of the molecule is COC(=O)c1cc(-c2cccc(Br)c2)nc2c1c(C)nn2Cc1ccccc1. The van der Waals surface area contributed by atoms with Gasteiger partial charge in [-0.3, -0.25) is 0 Å². The normalized spacial score (nSPS) is 11.0. The molecule has 0 fully saturated rings. The first-order chi connectivity index (χ1) is 13.6. The quantitative estimate of drug-likeness (QED) is 0.423. The Morgan fingerprint density at radius 2 is 1.89 bits per heavy atom. The maximum Gasteiger partial charge on any atom is 0.338 e. The molecule has 2 aromatic heterocycles. The van der Waals surface area contributed by atoms with Gasteiger partial charge in [-0.1, -0.05) is 58.4 Å². The second kappa shape index (κ2) is 7.56. The molecule has 0 unspecified atom stereocenters. The Morgan fingerprint density at radius 1 is 1.11 bits per heavy atom. The summed E-state index contributed by atoms with van der Waals surface area (Å²) in [5.41, 5.74) is 4.61. The van der Waals surface area contributed by atoms with Gasteiger partial charge in [-0.15, -0.1) is 0 Å². The van der Waals surface area contributed by atoms with E-state index < -0.39 is 5.97 Å². The van der Waals surface area contributed by atoms with E-state index in [0.717, 1.165) is 26.7 Å². The van der Waals surface area contributed by atoms with Gasteiger partial charge in [0.1, 0.15) is 0 Å². The number of halogens is 1. The molecule has 6 heteroatoms. The zero-order valence-electron chi connectivity index (χ0n) is 15.5. The highest BCUT2D eigenvalue weighted by Crippen LogP contribution is 2.29. The number of pyridine rings is 1. The first kappa shape index (κ1) is 18.4. The number of nitrogens with zero attached hydrogens (tertiary/aromatic N) is 3. The highest BCUT2D eigenvalue weighted by molar-refractivity contribution is 9.10. The van der Waals surface area contributed by atoms with Crippen LogP contribution in [-0.4, -0.2) is 27.8 Å². The van der Waals surface area contributed by atoms with Gasteiger partial charge in [0.05, 0.1) is 36.0 Å². The number of aryl methyl sites for hydroxylation is 1. The lowest BCUT2D eigenvalue weighted by Crippen LogP contribution is -2.06. The molecule has 0 aliphatic rings. The van der Waals surface area contributed by atoms with Crippen molar-refractivity contribution in [2.45, 2.75) is 13.5 Å². The number of fused-ring (bicyclic) bond motifs is 1. The van der Waals surface area contributed by atoms with Gasteiger partial charge in [0.15, 0.2) is 5.65 Å². The van der Waals surface area contributed by atoms with Crippen molar-refractivity contribution in [1.82, 2.24) is 14.8 Å². The smallest absolute Gasteiger partial charge is 0.338 e. The summed E-state index contributed by atoms with van der Waals surface area (Å²) in [4.78, 5) is 17.4. The Balaban J connectivity index is 1.95. The minimum absolute atomic E-state index is 0.397. The lowest BCUT2D eigenvalue weighted by molar-refractivity contribution is 0.0603. The second-order valence-electron chi connectivity index (χ2n) is 6.48. The fourth-order valence-electron chi connectivity index (χ4n) is 3.29. The van der Waals surface area contributed by atoms with Crippen LogP contribution in [0.4, 0.5) is 0 Å². The van der Waals surface area contributed by atoms with Crippen molar-refractivity contribution in [2.24, 2.45) is 0 Å². The number of aromatic nitrogens is 3. The van der Waals surface area contributed by atoms with Gasteiger partial charge in [-0.2, -0.15) is 5.10 Å². The molecular weight excluding hydrogens is 418 g/mol. The van der Waals surface area contributed by atoms with E-state index in [4.69, 9.17) is 9.72 Å². The first-order valence-corrected chi connectivity index (χ1v) is 9.62. The molecule has 0 aliphatic heterocycles. The largest absolute Gasteiger partial charge is 0.465 e. The predicted molar refractivity (Wildman–Crippen MR) is 112 cm³/mol. The minimum Gasteiger partial charge on any atom is -0.465 e. The van der Waals surface area contributed by atoms with Crippen LogP contribution in [0.2, 0.25) is 0 Å². The Labute approximate surface area is 171 Å². The lowest BCUT2D eigenvalue weighted by Gasteiger charge is -2.09. The van der Waals surface area contributed by atoms with Crippen LogP contribution in [0, 0.1) is 6.92 Å². The van der Waals surface area contributed by atoms with Gasteiger partial charge >= 0.3 is 5.97 Å². The van der Waals surface area contributed by atoms with Crippen LogP contribution in [0.3, 0.4) is 0 Å². The number of esters is 1. The van der Waals surface area contributed by atoms with Gasteiger partial charge in [0, 0.05) is 10.0 Å². The standard InChI is InChI=1S/C22H18BrN3O2/c1-14-20-18(22(27)28-2)12-19(16-9-6-10-17(23)11-16)24-21(20)26(25-14)13-15-7-4-3-5-8-15/h3-12H,13H2,1-2H3. The summed E-state index contributed by atoms with van der Waals surface area (Å²) < 4.78 is 7.81. The molecule has 5 nitrogen and oxygen atoms in total. The van der Waals surface area contributed by atoms with Crippen LogP contribution in [0.5, 0.6) is 0 Å². The van der Waals surface area contributed by atoms with E-state index >= 15 is 0 Å². The third-order valence-electron chi connectivity index (χ3n) is 4.58. The summed E-state index contributed by atoms with van der Waals surface area (Å²) in [6, 6.07) is 19.7. The Morgan fingerprint density at radius 3 is 2.61 bits per heavy atom. The molecule has 0 atom stereocenters. The molecule has 4 aromatic rings. The zero-order valence-corrected chi connectivity index (χ0v) is 17.1. The van der Waals surface area contributed by atoms with E-state index in [2.05, 4.69) is 21.0 Å². The molecule has 0 radical (unpaired) electrons. The van der Waals surface area contributed by atoms with Crippen LogP contribution in [-0.2, 0) is 11.3 Å². The fourth-order valence-corrected chi connectivity index (χ4v) is 3.69. The van der Waals surface area contributed by atoms with Crippen LogP contribution in [0.25, 0.3) is 22.3 Å². The molecule has 140 valence electrons. The monoisotopic (exact) mass is 435 g/mol. The van der Waals surface area contributed by atoms with Crippen molar-refractivity contribution in [3.63, 3.8) is 0 Å². The van der Waals surface area contributed by atoms with E-state index in [-0.39, 0.29) is 0 Å². The Bertz CT molecular complexity index is 1170. The third kappa shape index (κ3) is 3.43. The number of hydrogen-bond acceptors (Lipinski definition) is 4. The molecule has 2 aromatic carbocycles. The minimum atomic E-state index is -0.397. The molecule has 0 bridgehead atoms. The summed E-state index contributed by atoms with van der Waals surface area (Å²) in [6.07, 6.45) is 0. The molecule has 4 rings (SSSR count). The summed E-state index contributed by atoms with van der Waals surface area (Å²) in [6.45, 7) is 2.46. The molecule has 0 aliphatic carbocycles. The van der Waals surface area contributed by atoms with Crippen LogP contribution in [0.1, 0.15) is 21.6 Å². The van der Waals surface area contributed by atoms with Crippen molar-refractivity contribution >= 4 is 32.9 Å². The first-order valence-electron chi connectivity index (χ1n) is 8.83. The average Bonchev–Trinajstić information content (AvgIpc) is 3.03. The van der Waals surface area contributed by atoms with Gasteiger partial charge in [0.2, 0.25) is 0 Å². The second-order valence-corrected chi connectivity index (χ2v) is 7.40. The lowest BCUT2D eigenvalue weighted by atomic mass is 10.1. The van der Waals surface area contributed by atoms with Crippen molar-refractivity contribution in [2.75, 3.05) is 7.11 Å². The number of ether oxygens (including phenoxy) is 1. The van der Waals surface area contributed by atoms with Crippen molar-refractivity contribution < 1.29 is 9.53 Å². The summed E-state index contributed by atoms with van der Waals surface area (Å²) in [5.74, 6) is -0.397. The Kier molecular flexibility index (Phi) is 4.96. The predicted octanol–water partition coefficient (Wildman–Crippen LogP) is 5.00. The summed E-state index contributed by atoms with van der Waals surface area (Å²) >= 11 is 3.50. The van der Waals surface area contributed by atoms with Crippen LogP contribution in [0.15, 0.2) is 65.1 Å². The summed E-state index contributed by atoms with van der Waals surface area (Å²) in [7, 11) is 1.39. The molecule has 0 saturated heterocycles. The molecule has 2 heterocycles. The number of carbonyl (C=O) groups excluding carboxylic acids is 1. The van der Waals surface area contributed by atoms with Gasteiger partial charge in [-0.25, -0.2) is 14.5 Å². The van der Waals surface area contributed by atoms with Crippen molar-refractivity contribution in [3.8, 4) is 11.3 Å². The van der Waals surface area contributed by atoms with Crippen LogP contribution < -0.4 is 0 Å². The van der Waals surface area contributed by atoms with Crippen molar-refractivity contribution in [1.29, 1.82) is 0 Å². The van der Waals surface area contributed by atoms with Crippen molar-refractivity contribution in [3.05, 3.63) is 82.0 Å². The number of rotatable bonds is 4. The van der Waals surface area contributed by atoms with E-state index in [1.165, 1.54) is 7.11 Å². The number of methoxy groups -OCH3 is 1. The molecule has 0 spiro atoms. The Hall–Kier alpha value is -2.99. The highest BCUT2D eigenvalue weighted by atomic mass is 79.9. The maximum absolute atomic E-state index is 12.5. The molecule has 0 saturated carbocycles. The number of benzene rings is 2. The van der Waals surface area contributed by atoms with Crippen LogP contribution >= 0.6 is 15.9 Å². The maximum atomic E-state index is 12.5. The van der Waals surface area contributed by atoms with Gasteiger partial charge < -0.3 is 4.74 Å². The van der Waals surface area contributed by atoms with E-state index in [9.17, 15) is 4.79 Å². The van der Waals surface area contributed by atoms with E-state index in [1.54, 1.807) is 6.07 Å². The molecule has 0 N–H and O–H groups in total. The molecule has 28 heavy (non-hydrogen) atoms. The third-order valence-corrected chi connectivity index (χ3v) is 5.07. The topological polar surface area (TPSA) is 57.0 Å².